The number of rotatable bonds is 5. The highest BCUT2D eigenvalue weighted by Crippen LogP contribution is 2.44. The number of esters is 1. The number of carbonyl (C=O) groups is 1. The summed E-state index contributed by atoms with van der Waals surface area (Å²) in [6.45, 7) is 3.06. The van der Waals surface area contributed by atoms with Crippen LogP contribution in [0.1, 0.15) is 62.7 Å². The highest BCUT2D eigenvalue weighted by atomic mass is 35.5. The van der Waals surface area contributed by atoms with Gasteiger partial charge in [-0.3, -0.25) is 4.79 Å². The molecule has 6 nitrogen and oxygen atoms in total. The van der Waals surface area contributed by atoms with Gasteiger partial charge < -0.3 is 9.72 Å². The number of nitrogens with one attached hydrogen (secondary N) is 1. The summed E-state index contributed by atoms with van der Waals surface area (Å²) < 4.78 is 31.3. The normalized spacial score (nSPS) is 20.0. The minimum atomic E-state index is -4.08. The van der Waals surface area contributed by atoms with Gasteiger partial charge in [0.05, 0.1) is 15.6 Å². The molecule has 3 N–H and O–H groups in total. The predicted octanol–water partition coefficient (Wildman–Crippen LogP) is 6.02. The molecule has 1 heterocycles. The minimum Gasteiger partial charge on any atom is -0.458 e. The van der Waals surface area contributed by atoms with Crippen LogP contribution in [-0.2, 0) is 19.6 Å². The molecule has 0 saturated heterocycles. The number of alkyl halides is 1. The fourth-order valence-electron chi connectivity index (χ4n) is 4.91. The van der Waals surface area contributed by atoms with Crippen molar-refractivity contribution in [1.82, 2.24) is 4.98 Å². The molecular weight excluding hydrogens is 483 g/mol. The van der Waals surface area contributed by atoms with Gasteiger partial charge in [-0.15, -0.1) is 11.6 Å². The van der Waals surface area contributed by atoms with Crippen molar-refractivity contribution in [1.29, 1.82) is 0 Å². The van der Waals surface area contributed by atoms with Gasteiger partial charge in [-0.1, -0.05) is 35.9 Å². The summed E-state index contributed by atoms with van der Waals surface area (Å²) in [5.41, 5.74) is 2.96. The molecule has 0 aliphatic heterocycles. The molecule has 9 heteroatoms. The van der Waals surface area contributed by atoms with Crippen LogP contribution in [0.3, 0.4) is 0 Å². The van der Waals surface area contributed by atoms with E-state index in [4.69, 9.17) is 33.1 Å². The van der Waals surface area contributed by atoms with Crippen molar-refractivity contribution in [2.24, 2.45) is 5.14 Å². The van der Waals surface area contributed by atoms with Gasteiger partial charge in [0, 0.05) is 34.3 Å². The summed E-state index contributed by atoms with van der Waals surface area (Å²) in [6, 6.07) is 10.8. The number of hydrogen-bond acceptors (Lipinski definition) is 4. The maximum atomic E-state index is 12.9. The van der Waals surface area contributed by atoms with E-state index in [1.807, 2.05) is 18.2 Å². The number of ether oxygens (including phenoxy) is 1. The number of fused-ring (bicyclic) bond motifs is 1. The summed E-state index contributed by atoms with van der Waals surface area (Å²) in [6.07, 6.45) is 2.54. The first-order valence-corrected chi connectivity index (χ1v) is 13.2. The highest BCUT2D eigenvalue weighted by molar-refractivity contribution is 7.89. The van der Waals surface area contributed by atoms with Crippen LogP contribution in [0.25, 0.3) is 22.2 Å². The lowest BCUT2D eigenvalue weighted by Crippen LogP contribution is -2.20. The number of halogens is 2. The van der Waals surface area contributed by atoms with Crippen LogP contribution in [-0.4, -0.2) is 24.7 Å². The molecule has 2 aromatic carbocycles. The van der Waals surface area contributed by atoms with Crippen LogP contribution in [0.4, 0.5) is 0 Å². The lowest BCUT2D eigenvalue weighted by atomic mass is 9.83. The van der Waals surface area contributed by atoms with E-state index in [9.17, 15) is 13.2 Å². The van der Waals surface area contributed by atoms with Gasteiger partial charge in [-0.2, -0.15) is 0 Å². The van der Waals surface area contributed by atoms with E-state index in [0.29, 0.717) is 38.3 Å². The quantitative estimate of drug-likeness (QED) is 0.324. The van der Waals surface area contributed by atoms with E-state index in [2.05, 4.69) is 4.98 Å². The highest BCUT2D eigenvalue weighted by Gasteiger charge is 2.31. The van der Waals surface area contributed by atoms with Gasteiger partial charge in [-0.25, -0.2) is 13.6 Å². The molecule has 176 valence electrons. The summed E-state index contributed by atoms with van der Waals surface area (Å²) in [5.74, 6) is -0.413. The molecule has 1 unspecified atom stereocenters. The summed E-state index contributed by atoms with van der Waals surface area (Å²) in [5, 5.41) is 7.03. The van der Waals surface area contributed by atoms with Crippen LogP contribution in [0.2, 0.25) is 5.02 Å². The Morgan fingerprint density at radius 2 is 1.82 bits per heavy atom. The largest absolute Gasteiger partial charge is 0.458 e. The zero-order valence-electron chi connectivity index (χ0n) is 18.4. The second kappa shape index (κ2) is 9.29. The molecule has 0 bridgehead atoms. The number of benzene rings is 2. The van der Waals surface area contributed by atoms with Crippen molar-refractivity contribution in [3.05, 3.63) is 52.5 Å². The number of sulfonamides is 1. The van der Waals surface area contributed by atoms with Crippen molar-refractivity contribution < 1.29 is 17.9 Å². The van der Waals surface area contributed by atoms with Crippen molar-refractivity contribution in [2.75, 3.05) is 0 Å². The first kappa shape index (κ1) is 24.1. The van der Waals surface area contributed by atoms with E-state index in [-0.39, 0.29) is 16.2 Å². The van der Waals surface area contributed by atoms with E-state index >= 15 is 0 Å². The summed E-state index contributed by atoms with van der Waals surface area (Å²) >= 11 is 12.8. The van der Waals surface area contributed by atoms with E-state index in [0.717, 1.165) is 25.7 Å². The van der Waals surface area contributed by atoms with Gasteiger partial charge in [0.1, 0.15) is 6.10 Å². The predicted molar refractivity (Wildman–Crippen MR) is 131 cm³/mol. The number of hydrogen-bond donors (Lipinski definition) is 2. The lowest BCUT2D eigenvalue weighted by molar-refractivity contribution is -0.145. The summed E-state index contributed by atoms with van der Waals surface area (Å²) in [4.78, 5) is 15.1. The van der Waals surface area contributed by atoms with Crippen molar-refractivity contribution in [3.8, 4) is 11.3 Å². The first-order valence-electron chi connectivity index (χ1n) is 10.9. The molecular formula is C24H26Cl2N2O4S. The number of primary sulfonamides is 1. The van der Waals surface area contributed by atoms with Crippen LogP contribution in [0.15, 0.2) is 41.3 Å². The third-order valence-electron chi connectivity index (χ3n) is 6.26. The smallest absolute Gasteiger partial charge is 0.303 e. The molecule has 1 fully saturated rings. The van der Waals surface area contributed by atoms with E-state index in [1.165, 1.54) is 6.92 Å². The van der Waals surface area contributed by atoms with Gasteiger partial charge in [0.2, 0.25) is 10.0 Å². The first-order chi connectivity index (χ1) is 15.6. The Balaban J connectivity index is 2.00. The average Bonchev–Trinajstić information content (AvgIpc) is 3.14. The maximum absolute atomic E-state index is 12.9. The molecule has 1 aliphatic rings. The SMILES string of the molecule is CC(=O)OC(C)c1c(-c2cccc(C3CCC(Cl)CC3)c2S(N)(=O)=O)[nH]c2cccc(Cl)c12. The topological polar surface area (TPSA) is 102 Å². The van der Waals surface area contributed by atoms with Crippen molar-refractivity contribution >= 4 is 50.1 Å². The Hall–Kier alpha value is -2.06. The van der Waals surface area contributed by atoms with Gasteiger partial charge >= 0.3 is 5.97 Å². The fourth-order valence-corrected chi connectivity index (χ4v) is 6.48. The Bertz CT molecular complexity index is 1310. The van der Waals surface area contributed by atoms with Gasteiger partial charge in [0.25, 0.3) is 0 Å². The molecule has 1 saturated carbocycles. The molecule has 0 amide bonds. The molecule has 4 rings (SSSR count). The number of aromatic amines is 1. The third-order valence-corrected chi connectivity index (χ3v) is 8.03. The summed E-state index contributed by atoms with van der Waals surface area (Å²) in [7, 11) is -4.08. The molecule has 33 heavy (non-hydrogen) atoms. The average molecular weight is 509 g/mol. The fraction of sp³-hybridized carbons (Fsp3) is 0.375. The zero-order valence-corrected chi connectivity index (χ0v) is 20.7. The van der Waals surface area contributed by atoms with Crippen LogP contribution >= 0.6 is 23.2 Å². The Labute approximate surface area is 203 Å². The Morgan fingerprint density at radius 1 is 1.15 bits per heavy atom. The monoisotopic (exact) mass is 508 g/mol. The van der Waals surface area contributed by atoms with Crippen LogP contribution < -0.4 is 5.14 Å². The number of nitrogens with two attached hydrogens (primary N) is 1. The maximum Gasteiger partial charge on any atom is 0.303 e. The molecule has 0 spiro atoms. The van der Waals surface area contributed by atoms with Crippen LogP contribution in [0.5, 0.6) is 0 Å². The van der Waals surface area contributed by atoms with Gasteiger partial charge in [-0.05, 0) is 56.2 Å². The van der Waals surface area contributed by atoms with Crippen LogP contribution in [0, 0.1) is 0 Å². The van der Waals surface area contributed by atoms with E-state index in [1.54, 1.807) is 25.1 Å². The molecule has 1 aliphatic carbocycles. The Kier molecular flexibility index (Phi) is 6.78. The molecule has 1 atom stereocenters. The molecule has 1 aromatic heterocycles. The third kappa shape index (κ3) is 4.78. The van der Waals surface area contributed by atoms with Crippen molar-refractivity contribution in [2.45, 2.75) is 61.8 Å². The molecule has 3 aromatic rings. The zero-order chi connectivity index (χ0) is 23.9. The van der Waals surface area contributed by atoms with Gasteiger partial charge in [0.15, 0.2) is 0 Å². The lowest BCUT2D eigenvalue weighted by Gasteiger charge is -2.27. The second-order valence-corrected chi connectivity index (χ2v) is 11.1. The number of H-pyrrole nitrogens is 1. The standard InChI is InChI=1S/C24H26Cl2N2O4S/c1-13(32-14(2)29)21-22-19(26)7-4-8-20(22)28-23(21)18-6-3-5-17(24(18)33(27,30)31)15-9-11-16(25)12-10-15/h3-8,13,15-16,28H,9-12H2,1-2H3,(H2,27,30,31). The Morgan fingerprint density at radius 3 is 2.45 bits per heavy atom. The van der Waals surface area contributed by atoms with E-state index < -0.39 is 22.1 Å². The number of aromatic nitrogens is 1. The van der Waals surface area contributed by atoms with Crippen molar-refractivity contribution in [3.63, 3.8) is 0 Å². The second-order valence-electron chi connectivity index (χ2n) is 8.55. The minimum absolute atomic E-state index is 0.0376. The number of carbonyl (C=O) groups excluding carboxylic acids is 1. The molecule has 0 radical (unpaired) electrons.